The van der Waals surface area contributed by atoms with Gasteiger partial charge in [-0.1, -0.05) is 6.42 Å². The monoisotopic (exact) mass is 249 g/mol. The van der Waals surface area contributed by atoms with Gasteiger partial charge in [0.15, 0.2) is 0 Å². The van der Waals surface area contributed by atoms with Gasteiger partial charge in [-0.2, -0.15) is 0 Å². The van der Waals surface area contributed by atoms with Crippen molar-refractivity contribution in [3.8, 4) is 5.75 Å². The van der Waals surface area contributed by atoms with Gasteiger partial charge in [0.2, 0.25) is 0 Å². The van der Waals surface area contributed by atoms with E-state index in [0.717, 1.165) is 23.7 Å². The fourth-order valence-electron chi connectivity index (χ4n) is 2.46. The fourth-order valence-corrected chi connectivity index (χ4v) is 2.46. The summed E-state index contributed by atoms with van der Waals surface area (Å²) in [6.07, 6.45) is 3.91. The second kappa shape index (κ2) is 5.96. The summed E-state index contributed by atoms with van der Waals surface area (Å²) >= 11 is 0. The van der Waals surface area contributed by atoms with Crippen LogP contribution in [0.5, 0.6) is 5.75 Å². The Hall–Kier alpha value is -1.42. The molecule has 0 bridgehead atoms. The third kappa shape index (κ3) is 3.07. The number of nitrogens with two attached hydrogens (primary N) is 1. The van der Waals surface area contributed by atoms with Crippen LogP contribution in [0.4, 0.5) is 11.4 Å². The molecule has 1 aromatic rings. The van der Waals surface area contributed by atoms with Crippen LogP contribution >= 0.6 is 0 Å². The minimum absolute atomic E-state index is 0.611. The van der Waals surface area contributed by atoms with Crippen molar-refractivity contribution >= 4 is 11.4 Å². The first-order valence-electron chi connectivity index (χ1n) is 6.58. The number of hydrogen-bond donors (Lipinski definition) is 2. The van der Waals surface area contributed by atoms with Crippen molar-refractivity contribution in [1.82, 2.24) is 4.90 Å². The van der Waals surface area contributed by atoms with Gasteiger partial charge in [0.05, 0.1) is 18.5 Å². The van der Waals surface area contributed by atoms with Crippen LogP contribution in [0.15, 0.2) is 18.2 Å². The molecule has 4 heteroatoms. The van der Waals surface area contributed by atoms with E-state index in [-0.39, 0.29) is 0 Å². The molecule has 1 aliphatic rings. The van der Waals surface area contributed by atoms with Crippen LogP contribution < -0.4 is 15.8 Å². The van der Waals surface area contributed by atoms with Crippen molar-refractivity contribution in [3.63, 3.8) is 0 Å². The Morgan fingerprint density at radius 3 is 2.94 bits per heavy atom. The minimum Gasteiger partial charge on any atom is -0.497 e. The number of methoxy groups -OCH3 is 1. The zero-order valence-electron chi connectivity index (χ0n) is 11.3. The number of nitrogens with one attached hydrogen (secondary N) is 1. The number of hydrogen-bond acceptors (Lipinski definition) is 4. The maximum atomic E-state index is 5.99. The Morgan fingerprint density at radius 2 is 2.28 bits per heavy atom. The summed E-state index contributed by atoms with van der Waals surface area (Å²) in [6, 6.07) is 6.38. The van der Waals surface area contributed by atoms with Crippen LogP contribution in [0.1, 0.15) is 19.3 Å². The Labute approximate surface area is 109 Å². The zero-order valence-corrected chi connectivity index (χ0v) is 11.3. The quantitative estimate of drug-likeness (QED) is 0.803. The summed E-state index contributed by atoms with van der Waals surface area (Å²) in [7, 11) is 3.85. The van der Waals surface area contributed by atoms with Crippen molar-refractivity contribution in [2.45, 2.75) is 25.3 Å². The third-order valence-electron chi connectivity index (χ3n) is 3.71. The van der Waals surface area contributed by atoms with Gasteiger partial charge in [0, 0.05) is 18.7 Å². The Kier molecular flexibility index (Phi) is 4.31. The van der Waals surface area contributed by atoms with E-state index in [1.807, 2.05) is 18.2 Å². The molecular formula is C14H23N3O. The molecule has 4 nitrogen and oxygen atoms in total. The molecule has 1 aliphatic heterocycles. The van der Waals surface area contributed by atoms with Gasteiger partial charge in [0.25, 0.3) is 0 Å². The smallest absolute Gasteiger partial charge is 0.121 e. The number of anilines is 2. The number of rotatable bonds is 4. The molecule has 1 heterocycles. The first-order valence-corrected chi connectivity index (χ1v) is 6.58. The highest BCUT2D eigenvalue weighted by atomic mass is 16.5. The van der Waals surface area contributed by atoms with Crippen LogP contribution in [-0.4, -0.2) is 38.2 Å². The van der Waals surface area contributed by atoms with E-state index in [2.05, 4.69) is 17.3 Å². The van der Waals surface area contributed by atoms with Crippen LogP contribution in [0.3, 0.4) is 0 Å². The number of benzene rings is 1. The summed E-state index contributed by atoms with van der Waals surface area (Å²) in [5.41, 5.74) is 7.73. The van der Waals surface area contributed by atoms with Crippen molar-refractivity contribution in [2.24, 2.45) is 0 Å². The highest BCUT2D eigenvalue weighted by Crippen LogP contribution is 2.24. The molecule has 0 aliphatic carbocycles. The van der Waals surface area contributed by atoms with Crippen molar-refractivity contribution in [3.05, 3.63) is 18.2 Å². The highest BCUT2D eigenvalue weighted by molar-refractivity contribution is 5.68. The summed E-state index contributed by atoms with van der Waals surface area (Å²) in [5, 5.41) is 3.44. The van der Waals surface area contributed by atoms with Crippen LogP contribution in [0, 0.1) is 0 Å². The number of likely N-dealkylation sites (N-methyl/N-ethyl adjacent to an activating group) is 1. The summed E-state index contributed by atoms with van der Waals surface area (Å²) in [5.74, 6) is 0.799. The molecule has 0 saturated carbocycles. The third-order valence-corrected chi connectivity index (χ3v) is 3.71. The maximum absolute atomic E-state index is 5.99. The first-order chi connectivity index (χ1) is 8.70. The van der Waals surface area contributed by atoms with E-state index in [9.17, 15) is 0 Å². The summed E-state index contributed by atoms with van der Waals surface area (Å²) in [6.45, 7) is 2.15. The van der Waals surface area contributed by atoms with Crippen LogP contribution in [-0.2, 0) is 0 Å². The Morgan fingerprint density at radius 1 is 1.44 bits per heavy atom. The Balaban J connectivity index is 1.93. The van der Waals surface area contributed by atoms with Gasteiger partial charge in [0.1, 0.15) is 5.75 Å². The van der Waals surface area contributed by atoms with Crippen molar-refractivity contribution in [1.29, 1.82) is 0 Å². The lowest BCUT2D eigenvalue weighted by molar-refractivity contribution is 0.194. The maximum Gasteiger partial charge on any atom is 0.121 e. The molecule has 0 radical (unpaired) electrons. The summed E-state index contributed by atoms with van der Waals surface area (Å²) in [4.78, 5) is 2.43. The predicted octanol–water partition coefficient (Wildman–Crippen LogP) is 2.17. The Bertz CT molecular complexity index is 395. The summed E-state index contributed by atoms with van der Waals surface area (Å²) < 4.78 is 5.15. The number of ether oxygens (including phenoxy) is 1. The normalized spacial score (nSPS) is 20.7. The molecular weight excluding hydrogens is 226 g/mol. The number of likely N-dealkylation sites (tertiary alicyclic amines) is 1. The highest BCUT2D eigenvalue weighted by Gasteiger charge is 2.18. The van der Waals surface area contributed by atoms with E-state index in [0.29, 0.717) is 6.04 Å². The largest absolute Gasteiger partial charge is 0.497 e. The van der Waals surface area contributed by atoms with E-state index >= 15 is 0 Å². The van der Waals surface area contributed by atoms with Crippen molar-refractivity contribution in [2.75, 3.05) is 38.3 Å². The van der Waals surface area contributed by atoms with E-state index < -0.39 is 0 Å². The molecule has 2 rings (SSSR count). The molecule has 100 valence electrons. The average molecular weight is 249 g/mol. The lowest BCUT2D eigenvalue weighted by Crippen LogP contribution is -2.40. The fraction of sp³-hybridized carbons (Fsp3) is 0.571. The van der Waals surface area contributed by atoms with Gasteiger partial charge >= 0.3 is 0 Å². The molecule has 0 amide bonds. The second-order valence-electron chi connectivity index (χ2n) is 4.96. The van der Waals surface area contributed by atoms with E-state index in [4.69, 9.17) is 10.5 Å². The SMILES string of the molecule is COc1ccc(NCC2CCCCN2C)c(N)c1. The van der Waals surface area contributed by atoms with E-state index in [1.165, 1.54) is 25.8 Å². The molecule has 1 aromatic carbocycles. The predicted molar refractivity (Wildman–Crippen MR) is 76.2 cm³/mol. The number of nitrogens with zero attached hydrogens (tertiary/aromatic N) is 1. The minimum atomic E-state index is 0.611. The number of nitrogen functional groups attached to an aromatic ring is 1. The number of piperidine rings is 1. The van der Waals surface area contributed by atoms with Gasteiger partial charge in [-0.05, 0) is 38.6 Å². The standard InChI is InChI=1S/C14H23N3O/c1-17-8-4-3-5-11(17)10-16-14-7-6-12(18-2)9-13(14)15/h6-7,9,11,16H,3-5,8,10,15H2,1-2H3. The van der Waals surface area contributed by atoms with Gasteiger partial charge in [-0.25, -0.2) is 0 Å². The molecule has 0 aromatic heterocycles. The molecule has 0 spiro atoms. The zero-order chi connectivity index (χ0) is 13.0. The first kappa shape index (κ1) is 13.0. The molecule has 3 N–H and O–H groups in total. The molecule has 18 heavy (non-hydrogen) atoms. The van der Waals surface area contributed by atoms with Crippen LogP contribution in [0.2, 0.25) is 0 Å². The lowest BCUT2D eigenvalue weighted by atomic mass is 10.0. The van der Waals surface area contributed by atoms with Gasteiger partial charge < -0.3 is 20.7 Å². The topological polar surface area (TPSA) is 50.5 Å². The van der Waals surface area contributed by atoms with Crippen LogP contribution in [0.25, 0.3) is 0 Å². The molecule has 1 saturated heterocycles. The van der Waals surface area contributed by atoms with Gasteiger partial charge in [-0.3, -0.25) is 0 Å². The van der Waals surface area contributed by atoms with E-state index in [1.54, 1.807) is 7.11 Å². The lowest BCUT2D eigenvalue weighted by Gasteiger charge is -2.32. The van der Waals surface area contributed by atoms with Gasteiger partial charge in [-0.15, -0.1) is 0 Å². The molecule has 1 unspecified atom stereocenters. The van der Waals surface area contributed by atoms with Crippen molar-refractivity contribution < 1.29 is 4.74 Å². The molecule has 1 atom stereocenters. The molecule has 1 fully saturated rings. The average Bonchev–Trinajstić information content (AvgIpc) is 2.39. The second-order valence-corrected chi connectivity index (χ2v) is 4.96.